The summed E-state index contributed by atoms with van der Waals surface area (Å²) in [5.41, 5.74) is 3.22. The van der Waals surface area contributed by atoms with Gasteiger partial charge < -0.3 is 30.7 Å². The Bertz CT molecular complexity index is 2560. The Morgan fingerprint density at radius 2 is 0.882 bits per heavy atom. The highest BCUT2D eigenvalue weighted by Crippen LogP contribution is 2.42. The van der Waals surface area contributed by atoms with Gasteiger partial charge in [0.05, 0.1) is 67.9 Å². The molecule has 16 nitrogen and oxygen atoms in total. The fourth-order valence-electron chi connectivity index (χ4n) is 6.18. The van der Waals surface area contributed by atoms with E-state index in [4.69, 9.17) is 55.9 Å². The maximum atomic E-state index is 13.7. The molecule has 5 aromatic rings. The van der Waals surface area contributed by atoms with Crippen molar-refractivity contribution in [1.29, 1.82) is 0 Å². The first-order valence-corrected chi connectivity index (χ1v) is 22.6. The molecule has 354 valence electrons. The van der Waals surface area contributed by atoms with E-state index in [0.717, 1.165) is 25.0 Å². The molecule has 0 heterocycles. The lowest BCUT2D eigenvalue weighted by Gasteiger charge is -2.20. The van der Waals surface area contributed by atoms with Crippen LogP contribution in [0.2, 0.25) is 10.0 Å². The Morgan fingerprint density at radius 3 is 1.19 bits per heavy atom. The number of ketones is 2. The van der Waals surface area contributed by atoms with Gasteiger partial charge in [-0.05, 0) is 125 Å². The number of hydrogen-bond donors (Lipinski definition) is 4. The first-order chi connectivity index (χ1) is 32.4. The first-order valence-electron chi connectivity index (χ1n) is 21.0. The summed E-state index contributed by atoms with van der Waals surface area (Å²) in [6.07, 6.45) is 0. The van der Waals surface area contributed by atoms with Crippen LogP contribution in [0.5, 0.6) is 11.5 Å². The van der Waals surface area contributed by atoms with E-state index in [-0.39, 0.29) is 79.4 Å². The molecule has 0 saturated carbocycles. The maximum Gasteiger partial charge on any atom is 0.258 e. The molecule has 0 aliphatic heterocycles. The zero-order chi connectivity index (χ0) is 49.7. The Hall–Kier alpha value is -6.72. The summed E-state index contributed by atoms with van der Waals surface area (Å²) in [5, 5.41) is 26.8. The Balaban J connectivity index is 1.32. The smallest absolute Gasteiger partial charge is 0.258 e. The van der Waals surface area contributed by atoms with Crippen LogP contribution in [0, 0.1) is 0 Å². The van der Waals surface area contributed by atoms with Crippen LogP contribution < -0.4 is 30.7 Å². The molecule has 5 aromatic carbocycles. The van der Waals surface area contributed by atoms with E-state index < -0.39 is 47.3 Å². The molecule has 0 aromatic heterocycles. The average Bonchev–Trinajstić information content (AvgIpc) is 3.29. The predicted octanol–water partition coefficient (Wildman–Crippen LogP) is 12.3. The quantitative estimate of drug-likeness (QED) is 0.0333. The van der Waals surface area contributed by atoms with E-state index in [9.17, 15) is 28.8 Å². The minimum absolute atomic E-state index is 0.0163. The summed E-state index contributed by atoms with van der Waals surface area (Å²) in [4.78, 5) is 79.2. The number of rotatable bonds is 20. The first kappa shape index (κ1) is 52.3. The molecule has 4 N–H and O–H groups in total. The minimum Gasteiger partial charge on any atom is -0.488 e. The Labute approximate surface area is 412 Å². The molecular formula is C48H46Cl4N8O8. The number of Topliss-reactive ketones (excluding diaryl/α,β-unsaturated/α-hetero) is 2. The van der Waals surface area contributed by atoms with Crippen LogP contribution in [0.1, 0.15) is 84.1 Å². The second kappa shape index (κ2) is 24.3. The maximum absolute atomic E-state index is 13.7. The Kier molecular flexibility index (Phi) is 18.7. The third-order valence-corrected chi connectivity index (χ3v) is 10.9. The molecule has 20 heteroatoms. The number of nitrogens with one attached hydrogen (secondary N) is 4. The number of carbonyl (C=O) groups excluding carboxylic acids is 6. The molecule has 0 fully saturated rings. The number of halogens is 4. The van der Waals surface area contributed by atoms with Crippen LogP contribution in [0.25, 0.3) is 0 Å². The monoisotopic (exact) mass is 1000 g/mol. The number of ether oxygens (including phenoxy) is 2. The van der Waals surface area contributed by atoms with Crippen LogP contribution in [0.4, 0.5) is 34.1 Å². The van der Waals surface area contributed by atoms with Crippen LogP contribution in [0.15, 0.2) is 118 Å². The molecule has 0 aliphatic carbocycles. The summed E-state index contributed by atoms with van der Waals surface area (Å²) in [7, 11) is 0. The molecule has 68 heavy (non-hydrogen) atoms. The van der Waals surface area contributed by atoms with E-state index in [1.54, 1.807) is 62.4 Å². The molecule has 5 rings (SSSR count). The summed E-state index contributed by atoms with van der Waals surface area (Å²) in [5.74, 6) is -4.21. The highest BCUT2D eigenvalue weighted by molar-refractivity contribution is 6.35. The van der Waals surface area contributed by atoms with Gasteiger partial charge in [0.25, 0.3) is 23.6 Å². The number of anilines is 4. The van der Waals surface area contributed by atoms with Gasteiger partial charge in [0.1, 0.15) is 0 Å². The lowest BCUT2D eigenvalue weighted by molar-refractivity contribution is -0.127. The SMILES string of the molecule is CCOc1c(NC(=O)C(N=Nc2ccc(Cl)c(C(=O)Nc3ccc(C(C)Cl)cc3)c2)C(C)=O)ccc(NC(=O)C(N=Nc2ccc(Cl)c(C(=O)Nc3ccc(C(C)Cl)cc3)c2)C(C)=O)c1OCC. The largest absolute Gasteiger partial charge is 0.488 e. The van der Waals surface area contributed by atoms with Gasteiger partial charge in [-0.2, -0.15) is 20.5 Å². The number of azo groups is 2. The number of benzene rings is 5. The summed E-state index contributed by atoms with van der Waals surface area (Å²) in [6.45, 7) is 9.47. The van der Waals surface area contributed by atoms with Crippen molar-refractivity contribution < 1.29 is 38.2 Å². The van der Waals surface area contributed by atoms with Crippen molar-refractivity contribution in [3.8, 4) is 11.5 Å². The second-order valence-corrected chi connectivity index (χ2v) is 17.0. The molecule has 0 bridgehead atoms. The Morgan fingerprint density at radius 1 is 0.529 bits per heavy atom. The van der Waals surface area contributed by atoms with Crippen molar-refractivity contribution >= 4 is 116 Å². The molecular weight excluding hydrogens is 958 g/mol. The van der Waals surface area contributed by atoms with E-state index >= 15 is 0 Å². The molecule has 4 unspecified atom stereocenters. The number of hydrogen-bond acceptors (Lipinski definition) is 12. The van der Waals surface area contributed by atoms with Gasteiger partial charge in [-0.25, -0.2) is 0 Å². The van der Waals surface area contributed by atoms with Gasteiger partial charge in [-0.1, -0.05) is 47.5 Å². The molecule has 0 saturated heterocycles. The van der Waals surface area contributed by atoms with Crippen LogP contribution >= 0.6 is 46.4 Å². The van der Waals surface area contributed by atoms with Gasteiger partial charge in [-0.15, -0.1) is 23.2 Å². The zero-order valence-corrected chi connectivity index (χ0v) is 40.6. The summed E-state index contributed by atoms with van der Waals surface area (Å²) < 4.78 is 11.8. The fourth-order valence-corrected chi connectivity index (χ4v) is 6.88. The van der Waals surface area contributed by atoms with Crippen LogP contribution in [-0.4, -0.2) is 60.5 Å². The van der Waals surface area contributed by atoms with Crippen molar-refractivity contribution in [3.05, 3.63) is 129 Å². The predicted molar refractivity (Wildman–Crippen MR) is 264 cm³/mol. The molecule has 0 spiro atoms. The van der Waals surface area contributed by atoms with Crippen LogP contribution in [0.3, 0.4) is 0 Å². The molecule has 0 aliphatic rings. The number of nitrogens with zero attached hydrogens (tertiary/aromatic N) is 4. The number of amides is 4. The van der Waals surface area contributed by atoms with E-state index in [1.165, 1.54) is 48.5 Å². The van der Waals surface area contributed by atoms with Gasteiger partial charge in [0.15, 0.2) is 23.1 Å². The minimum atomic E-state index is -1.65. The second-order valence-electron chi connectivity index (χ2n) is 14.8. The fraction of sp³-hybridized carbons (Fsp3) is 0.250. The standard InChI is InChI=1S/C48H46Cl4N8O8/c1-7-67-43-39(55-47(65)41(27(5)61)59-57-33-17-19-37(51)35(23-33)45(63)53-31-13-9-29(10-14-31)25(3)49)21-22-40(44(43)68-8-2)56-48(66)42(28(6)62)60-58-34-18-20-38(52)36(24-34)46(64)54-32-15-11-30(12-16-32)26(4)50/h9-26,41-42H,7-8H2,1-6H3,(H,53,63)(H,54,64)(H,55,65)(H,56,66). The topological polar surface area (TPSA) is 218 Å². The normalized spacial score (nSPS) is 13.0. The lowest BCUT2D eigenvalue weighted by Crippen LogP contribution is -2.32. The third-order valence-electron chi connectivity index (χ3n) is 9.69. The van der Waals surface area contributed by atoms with Gasteiger partial charge in [0.2, 0.25) is 12.1 Å². The van der Waals surface area contributed by atoms with Crippen molar-refractivity contribution in [1.82, 2.24) is 0 Å². The summed E-state index contributed by atoms with van der Waals surface area (Å²) in [6, 6.07) is 21.9. The van der Waals surface area contributed by atoms with E-state index in [1.807, 2.05) is 13.8 Å². The molecule has 4 atom stereocenters. The van der Waals surface area contributed by atoms with Crippen molar-refractivity contribution in [2.24, 2.45) is 20.5 Å². The van der Waals surface area contributed by atoms with Crippen molar-refractivity contribution in [2.45, 2.75) is 64.4 Å². The number of alkyl halides is 2. The van der Waals surface area contributed by atoms with Crippen LogP contribution in [-0.2, 0) is 19.2 Å². The average molecular weight is 1000 g/mol. The molecule has 0 radical (unpaired) electrons. The van der Waals surface area contributed by atoms with Crippen molar-refractivity contribution in [2.75, 3.05) is 34.5 Å². The number of carbonyl (C=O) groups is 6. The van der Waals surface area contributed by atoms with E-state index in [2.05, 4.69) is 41.7 Å². The zero-order valence-electron chi connectivity index (χ0n) is 37.5. The molecule has 4 amide bonds. The van der Waals surface area contributed by atoms with Gasteiger partial charge in [0, 0.05) is 11.4 Å². The van der Waals surface area contributed by atoms with Gasteiger partial charge >= 0.3 is 0 Å². The summed E-state index contributed by atoms with van der Waals surface area (Å²) >= 11 is 25.0. The third kappa shape index (κ3) is 13.9. The highest BCUT2D eigenvalue weighted by atomic mass is 35.5. The highest BCUT2D eigenvalue weighted by Gasteiger charge is 2.29. The van der Waals surface area contributed by atoms with E-state index in [0.29, 0.717) is 11.4 Å². The van der Waals surface area contributed by atoms with Gasteiger partial charge in [-0.3, -0.25) is 28.8 Å². The lowest BCUT2D eigenvalue weighted by atomic mass is 10.1. The van der Waals surface area contributed by atoms with Crippen molar-refractivity contribution in [3.63, 3.8) is 0 Å².